The number of aromatic nitrogens is 1. The van der Waals surface area contributed by atoms with Gasteiger partial charge in [-0.25, -0.2) is 4.98 Å². The summed E-state index contributed by atoms with van der Waals surface area (Å²) < 4.78 is 5.30. The number of nitrogens with zero attached hydrogens (tertiary/aromatic N) is 3. The van der Waals surface area contributed by atoms with Crippen LogP contribution >= 0.6 is 0 Å². The van der Waals surface area contributed by atoms with Gasteiger partial charge >= 0.3 is 0 Å². The number of aliphatic hydroxyl groups is 1. The molecule has 7 nitrogen and oxygen atoms in total. The molecule has 1 aliphatic rings. The first-order valence-corrected chi connectivity index (χ1v) is 5.65. The summed E-state index contributed by atoms with van der Waals surface area (Å²) >= 11 is 0. The minimum Gasteiger partial charge on any atom is -0.409 e. The second-order valence-corrected chi connectivity index (χ2v) is 4.00. The molecule has 1 saturated heterocycles. The van der Waals surface area contributed by atoms with Crippen LogP contribution in [-0.4, -0.2) is 53.5 Å². The lowest BCUT2D eigenvalue weighted by Gasteiger charge is -2.35. The normalized spacial score (nSPS) is 21.1. The molecular weight excluding hydrogens is 236 g/mol. The van der Waals surface area contributed by atoms with Gasteiger partial charge in [-0.05, 0) is 12.1 Å². The maximum absolute atomic E-state index is 9.28. The van der Waals surface area contributed by atoms with E-state index < -0.39 is 0 Å². The Morgan fingerprint density at radius 3 is 3.06 bits per heavy atom. The fourth-order valence-corrected chi connectivity index (χ4v) is 1.87. The Kier molecular flexibility index (Phi) is 3.96. The Morgan fingerprint density at radius 1 is 1.61 bits per heavy atom. The van der Waals surface area contributed by atoms with Gasteiger partial charge in [-0.15, -0.1) is 0 Å². The molecule has 2 heterocycles. The molecule has 98 valence electrons. The van der Waals surface area contributed by atoms with Crippen LogP contribution in [0.3, 0.4) is 0 Å². The maximum atomic E-state index is 9.28. The number of anilines is 1. The molecule has 1 unspecified atom stereocenters. The molecule has 0 amide bonds. The Morgan fingerprint density at radius 2 is 2.44 bits per heavy atom. The van der Waals surface area contributed by atoms with Crippen molar-refractivity contribution >= 4 is 11.7 Å². The third kappa shape index (κ3) is 2.52. The number of amidine groups is 1. The molecule has 7 heteroatoms. The lowest BCUT2D eigenvalue weighted by molar-refractivity contribution is 0.0723. The number of nitrogens with two attached hydrogens (primary N) is 1. The molecule has 1 aromatic rings. The van der Waals surface area contributed by atoms with Crippen LogP contribution in [0.4, 0.5) is 5.82 Å². The van der Waals surface area contributed by atoms with Gasteiger partial charge in [-0.1, -0.05) is 5.16 Å². The zero-order chi connectivity index (χ0) is 13.0. The Bertz CT molecular complexity index is 421. The number of hydrogen-bond donors (Lipinski definition) is 3. The largest absolute Gasteiger partial charge is 0.409 e. The van der Waals surface area contributed by atoms with Gasteiger partial charge in [0.25, 0.3) is 0 Å². The van der Waals surface area contributed by atoms with E-state index >= 15 is 0 Å². The predicted octanol–water partition coefficient (Wildman–Crippen LogP) is -0.626. The molecule has 0 bridgehead atoms. The fourth-order valence-electron chi connectivity index (χ4n) is 1.87. The van der Waals surface area contributed by atoms with Crippen molar-refractivity contribution < 1.29 is 15.1 Å². The highest BCUT2D eigenvalue weighted by molar-refractivity contribution is 5.96. The lowest BCUT2D eigenvalue weighted by Crippen LogP contribution is -2.48. The van der Waals surface area contributed by atoms with E-state index in [0.717, 1.165) is 5.82 Å². The van der Waals surface area contributed by atoms with Crippen molar-refractivity contribution in [1.82, 2.24) is 4.98 Å². The summed E-state index contributed by atoms with van der Waals surface area (Å²) in [6.07, 6.45) is 1.54. The van der Waals surface area contributed by atoms with Crippen LogP contribution in [0.25, 0.3) is 0 Å². The first-order valence-electron chi connectivity index (χ1n) is 5.65. The topological polar surface area (TPSA) is 104 Å². The van der Waals surface area contributed by atoms with E-state index in [1.807, 2.05) is 4.90 Å². The summed E-state index contributed by atoms with van der Waals surface area (Å²) in [7, 11) is 0. The number of oxime groups is 1. The second kappa shape index (κ2) is 5.65. The Balaban J connectivity index is 2.17. The third-order valence-electron chi connectivity index (χ3n) is 2.88. The number of ether oxygens (including phenoxy) is 1. The summed E-state index contributed by atoms with van der Waals surface area (Å²) in [5.74, 6) is 0.765. The van der Waals surface area contributed by atoms with E-state index in [-0.39, 0.29) is 18.5 Å². The van der Waals surface area contributed by atoms with Crippen LogP contribution in [0.1, 0.15) is 5.56 Å². The van der Waals surface area contributed by atoms with Gasteiger partial charge in [0.05, 0.1) is 25.9 Å². The zero-order valence-electron chi connectivity index (χ0n) is 9.86. The second-order valence-electron chi connectivity index (χ2n) is 4.00. The van der Waals surface area contributed by atoms with E-state index in [9.17, 15) is 5.11 Å². The van der Waals surface area contributed by atoms with Crippen molar-refractivity contribution in [1.29, 1.82) is 0 Å². The van der Waals surface area contributed by atoms with Crippen molar-refractivity contribution in [2.75, 3.05) is 31.3 Å². The molecule has 1 aliphatic heterocycles. The molecule has 0 spiro atoms. The van der Waals surface area contributed by atoms with Gasteiger partial charge in [-0.3, -0.25) is 0 Å². The molecule has 4 N–H and O–H groups in total. The molecule has 1 atom stereocenters. The first kappa shape index (κ1) is 12.6. The monoisotopic (exact) mass is 252 g/mol. The highest BCUT2D eigenvalue weighted by atomic mass is 16.5. The van der Waals surface area contributed by atoms with Gasteiger partial charge in [0.2, 0.25) is 0 Å². The SMILES string of the molecule is N/C(=N/O)c1ccc(N2CCOCC2CO)nc1. The van der Waals surface area contributed by atoms with Crippen molar-refractivity contribution in [3.63, 3.8) is 0 Å². The highest BCUT2D eigenvalue weighted by Gasteiger charge is 2.23. The number of hydrogen-bond acceptors (Lipinski definition) is 6. The Labute approximate surface area is 104 Å². The van der Waals surface area contributed by atoms with Crippen molar-refractivity contribution in [3.8, 4) is 0 Å². The van der Waals surface area contributed by atoms with Crippen LogP contribution in [-0.2, 0) is 4.74 Å². The van der Waals surface area contributed by atoms with Gasteiger partial charge in [-0.2, -0.15) is 0 Å². The molecule has 0 saturated carbocycles. The van der Waals surface area contributed by atoms with Crippen LogP contribution in [0.2, 0.25) is 0 Å². The maximum Gasteiger partial charge on any atom is 0.171 e. The fraction of sp³-hybridized carbons (Fsp3) is 0.455. The number of pyridine rings is 1. The zero-order valence-corrected chi connectivity index (χ0v) is 9.86. The lowest BCUT2D eigenvalue weighted by atomic mass is 10.2. The summed E-state index contributed by atoms with van der Waals surface area (Å²) in [6.45, 7) is 1.80. The van der Waals surface area contributed by atoms with Crippen LogP contribution in [0, 0.1) is 0 Å². The van der Waals surface area contributed by atoms with Crippen molar-refractivity contribution in [3.05, 3.63) is 23.9 Å². The number of aliphatic hydroxyl groups excluding tert-OH is 1. The molecule has 0 aliphatic carbocycles. The quantitative estimate of drug-likeness (QED) is 0.286. The summed E-state index contributed by atoms with van der Waals surface area (Å²) in [6, 6.07) is 3.42. The number of rotatable bonds is 3. The molecule has 0 radical (unpaired) electrons. The average molecular weight is 252 g/mol. The van der Waals surface area contributed by atoms with Gasteiger partial charge in [0.15, 0.2) is 5.84 Å². The van der Waals surface area contributed by atoms with Crippen LogP contribution in [0.5, 0.6) is 0 Å². The molecule has 18 heavy (non-hydrogen) atoms. The summed E-state index contributed by atoms with van der Waals surface area (Å²) in [5.41, 5.74) is 6.01. The summed E-state index contributed by atoms with van der Waals surface area (Å²) in [5, 5.41) is 20.8. The minimum absolute atomic E-state index is 0.0175. The molecular formula is C11H16N4O3. The van der Waals surface area contributed by atoms with E-state index in [1.165, 1.54) is 6.20 Å². The molecule has 1 aromatic heterocycles. The standard InChI is InChI=1S/C11H16N4O3/c12-11(14-17)8-1-2-10(13-5-8)15-3-4-18-7-9(15)6-16/h1-2,5,9,16-17H,3-4,6-7H2,(H2,12,14). The minimum atomic E-state index is -0.0824. The van der Waals surface area contributed by atoms with Gasteiger partial charge in [0, 0.05) is 18.3 Å². The predicted molar refractivity (Wildman–Crippen MR) is 65.8 cm³/mol. The van der Waals surface area contributed by atoms with Crippen molar-refractivity contribution in [2.45, 2.75) is 6.04 Å². The van der Waals surface area contributed by atoms with E-state index in [0.29, 0.717) is 25.3 Å². The van der Waals surface area contributed by atoms with E-state index in [4.69, 9.17) is 15.7 Å². The van der Waals surface area contributed by atoms with E-state index in [2.05, 4.69) is 10.1 Å². The van der Waals surface area contributed by atoms with Crippen LogP contribution in [0.15, 0.2) is 23.5 Å². The van der Waals surface area contributed by atoms with Crippen molar-refractivity contribution in [2.24, 2.45) is 10.9 Å². The number of morpholine rings is 1. The summed E-state index contributed by atoms with van der Waals surface area (Å²) in [4.78, 5) is 6.24. The third-order valence-corrected chi connectivity index (χ3v) is 2.88. The smallest absolute Gasteiger partial charge is 0.171 e. The average Bonchev–Trinajstić information content (AvgIpc) is 2.46. The highest BCUT2D eigenvalue weighted by Crippen LogP contribution is 2.17. The van der Waals surface area contributed by atoms with Crippen LogP contribution < -0.4 is 10.6 Å². The van der Waals surface area contributed by atoms with Gasteiger partial charge in [0.1, 0.15) is 5.82 Å². The van der Waals surface area contributed by atoms with Gasteiger partial charge < -0.3 is 25.7 Å². The first-order chi connectivity index (χ1) is 8.76. The molecule has 0 aromatic carbocycles. The van der Waals surface area contributed by atoms with E-state index in [1.54, 1.807) is 12.1 Å². The Hall–Kier alpha value is -1.86. The molecule has 1 fully saturated rings. The molecule has 2 rings (SSSR count).